The van der Waals surface area contributed by atoms with Crippen LogP contribution in [0.1, 0.15) is 12.8 Å². The Bertz CT molecular complexity index is 634. The fraction of sp³-hybridized carbons (Fsp3) is 0.250. The highest BCUT2D eigenvalue weighted by atomic mass is 16.5. The second-order valence-corrected chi connectivity index (χ2v) is 4.60. The summed E-state index contributed by atoms with van der Waals surface area (Å²) in [7, 11) is 0. The molecule has 21 heavy (non-hydrogen) atoms. The molecule has 0 saturated heterocycles. The van der Waals surface area contributed by atoms with Crippen LogP contribution >= 0.6 is 0 Å². The van der Waals surface area contributed by atoms with Gasteiger partial charge in [0.05, 0.1) is 6.61 Å². The van der Waals surface area contributed by atoms with E-state index < -0.39 is 5.97 Å². The summed E-state index contributed by atoms with van der Waals surface area (Å²) in [6.07, 6.45) is 0.784. The fourth-order valence-corrected chi connectivity index (χ4v) is 2.00. The van der Waals surface area contributed by atoms with E-state index in [-0.39, 0.29) is 18.9 Å². The number of carboxylic acids is 1. The van der Waals surface area contributed by atoms with Gasteiger partial charge in [-0.15, -0.1) is 0 Å². The third kappa shape index (κ3) is 4.49. The van der Waals surface area contributed by atoms with E-state index in [1.54, 1.807) is 0 Å². The molecule has 5 heteroatoms. The van der Waals surface area contributed by atoms with E-state index in [1.165, 1.54) is 0 Å². The molecular formula is C16H17NO4. The van der Waals surface area contributed by atoms with Gasteiger partial charge < -0.3 is 15.2 Å². The Labute approximate surface area is 122 Å². The first-order valence-electron chi connectivity index (χ1n) is 6.76. The van der Waals surface area contributed by atoms with Gasteiger partial charge in [0.2, 0.25) is 5.91 Å². The van der Waals surface area contributed by atoms with Crippen LogP contribution in [0.3, 0.4) is 0 Å². The van der Waals surface area contributed by atoms with Gasteiger partial charge in [-0.3, -0.25) is 9.59 Å². The molecule has 0 saturated carbocycles. The minimum absolute atomic E-state index is 0.248. The molecular weight excluding hydrogens is 270 g/mol. The van der Waals surface area contributed by atoms with Crippen molar-refractivity contribution in [2.45, 2.75) is 12.8 Å². The van der Waals surface area contributed by atoms with Crippen molar-refractivity contribution in [3.05, 3.63) is 42.5 Å². The summed E-state index contributed by atoms with van der Waals surface area (Å²) in [4.78, 5) is 21.6. The SMILES string of the molecule is O=C(O)CNC(=O)CCCOc1cccc2ccccc12. The van der Waals surface area contributed by atoms with E-state index >= 15 is 0 Å². The van der Waals surface area contributed by atoms with E-state index in [0.717, 1.165) is 16.5 Å². The molecule has 0 aliphatic rings. The summed E-state index contributed by atoms with van der Waals surface area (Å²) in [6, 6.07) is 13.8. The first kappa shape index (κ1) is 14.8. The molecule has 0 spiro atoms. The zero-order valence-electron chi connectivity index (χ0n) is 11.5. The lowest BCUT2D eigenvalue weighted by Crippen LogP contribution is -2.29. The average Bonchev–Trinajstić information content (AvgIpc) is 2.49. The van der Waals surface area contributed by atoms with Gasteiger partial charge in [-0.25, -0.2) is 0 Å². The van der Waals surface area contributed by atoms with E-state index in [4.69, 9.17) is 9.84 Å². The van der Waals surface area contributed by atoms with Crippen molar-refractivity contribution in [1.82, 2.24) is 5.32 Å². The highest BCUT2D eigenvalue weighted by Gasteiger charge is 2.05. The van der Waals surface area contributed by atoms with Crippen molar-refractivity contribution in [3.63, 3.8) is 0 Å². The molecule has 0 heterocycles. The second kappa shape index (κ2) is 7.28. The number of hydrogen-bond acceptors (Lipinski definition) is 3. The summed E-state index contributed by atoms with van der Waals surface area (Å²) in [6.45, 7) is 0.0670. The maximum absolute atomic E-state index is 11.3. The van der Waals surface area contributed by atoms with Crippen LogP contribution in [0.5, 0.6) is 5.75 Å². The Morgan fingerprint density at radius 3 is 2.67 bits per heavy atom. The second-order valence-electron chi connectivity index (χ2n) is 4.60. The molecule has 1 amide bonds. The lowest BCUT2D eigenvalue weighted by Gasteiger charge is -2.09. The van der Waals surface area contributed by atoms with Crippen LogP contribution in [0.4, 0.5) is 0 Å². The van der Waals surface area contributed by atoms with Gasteiger partial charge in [-0.1, -0.05) is 36.4 Å². The smallest absolute Gasteiger partial charge is 0.322 e. The van der Waals surface area contributed by atoms with Crippen molar-refractivity contribution in [2.24, 2.45) is 0 Å². The van der Waals surface area contributed by atoms with Crippen LogP contribution in [0.2, 0.25) is 0 Å². The van der Waals surface area contributed by atoms with Crippen molar-refractivity contribution in [1.29, 1.82) is 0 Å². The third-order valence-corrected chi connectivity index (χ3v) is 2.99. The Hall–Kier alpha value is -2.56. The van der Waals surface area contributed by atoms with E-state index in [1.807, 2.05) is 42.5 Å². The molecule has 0 unspecified atom stereocenters. The molecule has 0 bridgehead atoms. The molecule has 2 N–H and O–H groups in total. The number of aliphatic carboxylic acids is 1. The molecule has 2 rings (SSSR count). The highest BCUT2D eigenvalue weighted by molar-refractivity contribution is 5.88. The summed E-state index contributed by atoms with van der Waals surface area (Å²) >= 11 is 0. The monoisotopic (exact) mass is 287 g/mol. The Morgan fingerprint density at radius 1 is 1.10 bits per heavy atom. The molecule has 5 nitrogen and oxygen atoms in total. The largest absolute Gasteiger partial charge is 0.493 e. The van der Waals surface area contributed by atoms with Crippen LogP contribution < -0.4 is 10.1 Å². The number of nitrogens with one attached hydrogen (secondary N) is 1. The number of carbonyl (C=O) groups excluding carboxylic acids is 1. The number of benzene rings is 2. The molecule has 2 aromatic rings. The lowest BCUT2D eigenvalue weighted by atomic mass is 10.1. The number of fused-ring (bicyclic) bond motifs is 1. The topological polar surface area (TPSA) is 75.6 Å². The van der Waals surface area contributed by atoms with Crippen molar-refractivity contribution in [2.75, 3.05) is 13.2 Å². The first-order valence-corrected chi connectivity index (χ1v) is 6.76. The summed E-state index contributed by atoms with van der Waals surface area (Å²) in [5, 5.41) is 12.9. The average molecular weight is 287 g/mol. The first-order chi connectivity index (χ1) is 10.2. The van der Waals surface area contributed by atoms with Crippen molar-refractivity contribution < 1.29 is 19.4 Å². The summed E-state index contributed by atoms with van der Waals surface area (Å²) in [5.41, 5.74) is 0. The molecule has 0 atom stereocenters. The number of amides is 1. The number of carbonyl (C=O) groups is 2. The predicted octanol–water partition coefficient (Wildman–Crippen LogP) is 2.20. The van der Waals surface area contributed by atoms with Crippen LogP contribution in [-0.2, 0) is 9.59 Å². The number of hydrogen-bond donors (Lipinski definition) is 2. The maximum atomic E-state index is 11.3. The van der Waals surface area contributed by atoms with Crippen molar-refractivity contribution in [3.8, 4) is 5.75 Å². The predicted molar refractivity (Wildman–Crippen MR) is 79.3 cm³/mol. The van der Waals surface area contributed by atoms with Gasteiger partial charge in [-0.2, -0.15) is 0 Å². The Balaban J connectivity index is 1.80. The van der Waals surface area contributed by atoms with Gasteiger partial charge in [0, 0.05) is 11.8 Å². The summed E-state index contributed by atoms with van der Waals surface area (Å²) < 4.78 is 5.70. The maximum Gasteiger partial charge on any atom is 0.322 e. The molecule has 0 aliphatic heterocycles. The molecule has 2 aromatic carbocycles. The van der Waals surface area contributed by atoms with Crippen LogP contribution in [0.25, 0.3) is 10.8 Å². The fourth-order valence-electron chi connectivity index (χ4n) is 2.00. The molecule has 110 valence electrons. The Kier molecular flexibility index (Phi) is 5.15. The number of ether oxygens (including phenoxy) is 1. The normalized spacial score (nSPS) is 10.3. The van der Waals surface area contributed by atoms with E-state index in [0.29, 0.717) is 13.0 Å². The zero-order chi connectivity index (χ0) is 15.1. The van der Waals surface area contributed by atoms with Crippen LogP contribution in [0.15, 0.2) is 42.5 Å². The van der Waals surface area contributed by atoms with E-state index in [9.17, 15) is 9.59 Å². The molecule has 0 radical (unpaired) electrons. The van der Waals surface area contributed by atoms with Gasteiger partial charge >= 0.3 is 5.97 Å². The van der Waals surface area contributed by atoms with Gasteiger partial charge in [0.15, 0.2) is 0 Å². The quantitative estimate of drug-likeness (QED) is 0.765. The number of rotatable bonds is 7. The van der Waals surface area contributed by atoms with Crippen LogP contribution in [-0.4, -0.2) is 30.1 Å². The number of carboxylic acid groups (broad SMARTS) is 1. The van der Waals surface area contributed by atoms with Gasteiger partial charge in [0.25, 0.3) is 0 Å². The standard InChI is InChI=1S/C16H17NO4/c18-15(17-11-16(19)20)9-4-10-21-14-8-3-6-12-5-1-2-7-13(12)14/h1-3,5-8H,4,9-11H2,(H,17,18)(H,19,20). The minimum atomic E-state index is -1.05. The molecule has 0 fully saturated rings. The molecule has 0 aliphatic carbocycles. The Morgan fingerprint density at radius 2 is 1.86 bits per heavy atom. The van der Waals surface area contributed by atoms with Crippen LogP contribution in [0, 0.1) is 0 Å². The zero-order valence-corrected chi connectivity index (χ0v) is 11.5. The van der Waals surface area contributed by atoms with Gasteiger partial charge in [0.1, 0.15) is 12.3 Å². The summed E-state index contributed by atoms with van der Waals surface area (Å²) in [5.74, 6) is -0.534. The third-order valence-electron chi connectivity index (χ3n) is 2.99. The molecule has 0 aromatic heterocycles. The van der Waals surface area contributed by atoms with Crippen molar-refractivity contribution >= 4 is 22.6 Å². The minimum Gasteiger partial charge on any atom is -0.493 e. The van der Waals surface area contributed by atoms with E-state index in [2.05, 4.69) is 5.32 Å². The highest BCUT2D eigenvalue weighted by Crippen LogP contribution is 2.25. The lowest BCUT2D eigenvalue weighted by molar-refractivity contribution is -0.137. The van der Waals surface area contributed by atoms with Gasteiger partial charge in [-0.05, 0) is 17.9 Å².